The summed E-state index contributed by atoms with van der Waals surface area (Å²) in [7, 11) is 0. The second-order valence-electron chi connectivity index (χ2n) is 3.66. The molecular weight excluding hydrogens is 279 g/mol. The molecule has 0 spiro atoms. The molecule has 1 aromatic rings. The summed E-state index contributed by atoms with van der Waals surface area (Å²) >= 11 is 5.45. The summed E-state index contributed by atoms with van der Waals surface area (Å²) < 4.78 is 13.1. The zero-order valence-electron chi connectivity index (χ0n) is 9.52. The van der Waals surface area contributed by atoms with Crippen molar-refractivity contribution in [3.63, 3.8) is 0 Å². The topological polar surface area (TPSA) is 109 Å². The standard InChI is InChI=1S/C11H10ClFN2O4/c12-6-2-1-5(3-7(6)13)10(17)15-8(11(18)19)4-9(14)16/h1-3,8H,4H2,(H2,14,16)(H,15,17)(H,18,19). The number of halogens is 2. The minimum absolute atomic E-state index is 0.113. The minimum atomic E-state index is -1.47. The SMILES string of the molecule is NC(=O)CC(NC(=O)c1ccc(Cl)c(F)c1)C(=O)O. The Morgan fingerprint density at radius 2 is 2.05 bits per heavy atom. The Bertz CT molecular complexity index is 535. The highest BCUT2D eigenvalue weighted by atomic mass is 35.5. The van der Waals surface area contributed by atoms with Crippen molar-refractivity contribution in [2.24, 2.45) is 5.73 Å². The van der Waals surface area contributed by atoms with E-state index in [1.165, 1.54) is 6.07 Å². The molecule has 19 heavy (non-hydrogen) atoms. The number of carboxylic acid groups (broad SMARTS) is 1. The number of carbonyl (C=O) groups is 3. The van der Waals surface area contributed by atoms with E-state index in [4.69, 9.17) is 22.4 Å². The van der Waals surface area contributed by atoms with Crippen LogP contribution >= 0.6 is 11.6 Å². The Morgan fingerprint density at radius 1 is 1.42 bits per heavy atom. The van der Waals surface area contributed by atoms with Crippen molar-refractivity contribution in [2.45, 2.75) is 12.5 Å². The molecule has 0 aromatic heterocycles. The first-order valence-corrected chi connectivity index (χ1v) is 5.46. The fraction of sp³-hybridized carbons (Fsp3) is 0.182. The van der Waals surface area contributed by atoms with E-state index in [2.05, 4.69) is 5.32 Å². The van der Waals surface area contributed by atoms with Gasteiger partial charge in [0.15, 0.2) is 0 Å². The lowest BCUT2D eigenvalue weighted by atomic mass is 10.1. The van der Waals surface area contributed by atoms with Crippen LogP contribution in [0.1, 0.15) is 16.8 Å². The lowest BCUT2D eigenvalue weighted by Gasteiger charge is -2.12. The normalized spacial score (nSPS) is 11.7. The summed E-state index contributed by atoms with van der Waals surface area (Å²) in [4.78, 5) is 33.1. The number of benzene rings is 1. The van der Waals surface area contributed by atoms with Gasteiger partial charge in [0, 0.05) is 5.56 Å². The third kappa shape index (κ3) is 4.22. The average molecular weight is 289 g/mol. The summed E-state index contributed by atoms with van der Waals surface area (Å²) in [5.41, 5.74) is 4.75. The molecule has 0 bridgehead atoms. The maximum atomic E-state index is 13.1. The second-order valence-corrected chi connectivity index (χ2v) is 4.07. The quantitative estimate of drug-likeness (QED) is 0.734. The van der Waals surface area contributed by atoms with Crippen LogP contribution in [0.2, 0.25) is 5.02 Å². The highest BCUT2D eigenvalue weighted by Gasteiger charge is 2.23. The van der Waals surface area contributed by atoms with Crippen molar-refractivity contribution in [1.82, 2.24) is 5.32 Å². The van der Waals surface area contributed by atoms with Gasteiger partial charge in [0.2, 0.25) is 5.91 Å². The monoisotopic (exact) mass is 288 g/mol. The van der Waals surface area contributed by atoms with Gasteiger partial charge in [0.25, 0.3) is 5.91 Å². The van der Waals surface area contributed by atoms with Gasteiger partial charge in [-0.05, 0) is 18.2 Å². The van der Waals surface area contributed by atoms with Crippen LogP contribution in [0.3, 0.4) is 0 Å². The minimum Gasteiger partial charge on any atom is -0.480 e. The molecule has 0 fully saturated rings. The number of amides is 2. The zero-order chi connectivity index (χ0) is 14.6. The number of nitrogens with one attached hydrogen (secondary N) is 1. The van der Waals surface area contributed by atoms with Gasteiger partial charge in [-0.15, -0.1) is 0 Å². The molecule has 6 nitrogen and oxygen atoms in total. The number of aliphatic carboxylic acids is 1. The number of nitrogens with two attached hydrogens (primary N) is 1. The summed E-state index contributed by atoms with van der Waals surface area (Å²) in [6, 6.07) is 1.78. The van der Waals surface area contributed by atoms with Crippen LogP contribution in [0.4, 0.5) is 4.39 Å². The third-order valence-corrected chi connectivity index (χ3v) is 2.50. The number of hydrogen-bond acceptors (Lipinski definition) is 3. The predicted octanol–water partition coefficient (Wildman–Crippen LogP) is 0.537. The van der Waals surface area contributed by atoms with E-state index in [0.717, 1.165) is 12.1 Å². The molecule has 1 rings (SSSR count). The molecule has 102 valence electrons. The maximum absolute atomic E-state index is 13.1. The van der Waals surface area contributed by atoms with Gasteiger partial charge in [0.05, 0.1) is 11.4 Å². The van der Waals surface area contributed by atoms with Gasteiger partial charge in [-0.25, -0.2) is 9.18 Å². The number of rotatable bonds is 5. The number of carboxylic acids is 1. The van der Waals surface area contributed by atoms with Crippen molar-refractivity contribution in [3.05, 3.63) is 34.6 Å². The van der Waals surface area contributed by atoms with E-state index in [0.29, 0.717) is 0 Å². The van der Waals surface area contributed by atoms with Gasteiger partial charge in [-0.3, -0.25) is 9.59 Å². The maximum Gasteiger partial charge on any atom is 0.326 e. The van der Waals surface area contributed by atoms with Gasteiger partial charge < -0.3 is 16.2 Å². The lowest BCUT2D eigenvalue weighted by Crippen LogP contribution is -2.43. The van der Waals surface area contributed by atoms with Crippen LogP contribution < -0.4 is 11.1 Å². The van der Waals surface area contributed by atoms with E-state index in [9.17, 15) is 18.8 Å². The Kier molecular flexibility index (Phi) is 4.82. The van der Waals surface area contributed by atoms with E-state index in [1.54, 1.807) is 0 Å². The Morgan fingerprint density at radius 3 is 2.53 bits per heavy atom. The first-order valence-electron chi connectivity index (χ1n) is 5.08. The van der Waals surface area contributed by atoms with Crippen LogP contribution in [-0.2, 0) is 9.59 Å². The fourth-order valence-corrected chi connectivity index (χ4v) is 1.40. The van der Waals surface area contributed by atoms with Gasteiger partial charge in [-0.1, -0.05) is 11.6 Å². The largest absolute Gasteiger partial charge is 0.480 e. The molecule has 0 aliphatic heterocycles. The van der Waals surface area contributed by atoms with Crippen LogP contribution in [-0.4, -0.2) is 28.9 Å². The van der Waals surface area contributed by atoms with Crippen molar-refractivity contribution < 1.29 is 23.9 Å². The first-order chi connectivity index (χ1) is 8.81. The van der Waals surface area contributed by atoms with Gasteiger partial charge in [-0.2, -0.15) is 0 Å². The van der Waals surface area contributed by atoms with Gasteiger partial charge >= 0.3 is 5.97 Å². The van der Waals surface area contributed by atoms with E-state index >= 15 is 0 Å². The van der Waals surface area contributed by atoms with Crippen molar-refractivity contribution in [2.75, 3.05) is 0 Å². The van der Waals surface area contributed by atoms with Crippen molar-refractivity contribution >= 4 is 29.4 Å². The second kappa shape index (κ2) is 6.14. The molecule has 0 aliphatic carbocycles. The molecule has 1 unspecified atom stereocenters. The fourth-order valence-electron chi connectivity index (χ4n) is 1.28. The third-order valence-electron chi connectivity index (χ3n) is 2.19. The van der Waals surface area contributed by atoms with Crippen LogP contribution in [0.15, 0.2) is 18.2 Å². The molecule has 0 aliphatic rings. The highest BCUT2D eigenvalue weighted by molar-refractivity contribution is 6.30. The van der Waals surface area contributed by atoms with Crippen LogP contribution in [0.25, 0.3) is 0 Å². The van der Waals surface area contributed by atoms with Crippen LogP contribution in [0, 0.1) is 5.82 Å². The summed E-state index contributed by atoms with van der Waals surface area (Å²) in [5.74, 6) is -3.95. The van der Waals surface area contributed by atoms with Gasteiger partial charge in [0.1, 0.15) is 11.9 Å². The first kappa shape index (κ1) is 14.9. The average Bonchev–Trinajstić information content (AvgIpc) is 2.31. The number of primary amides is 1. The molecule has 0 saturated heterocycles. The summed E-state index contributed by atoms with van der Waals surface area (Å²) in [6.45, 7) is 0. The molecule has 1 atom stereocenters. The van der Waals surface area contributed by atoms with E-state index in [-0.39, 0.29) is 10.6 Å². The molecule has 0 radical (unpaired) electrons. The predicted molar refractivity (Wildman–Crippen MR) is 64.1 cm³/mol. The molecule has 8 heteroatoms. The highest BCUT2D eigenvalue weighted by Crippen LogP contribution is 2.15. The lowest BCUT2D eigenvalue weighted by molar-refractivity contribution is -0.140. The number of hydrogen-bond donors (Lipinski definition) is 3. The molecule has 4 N–H and O–H groups in total. The van der Waals surface area contributed by atoms with E-state index < -0.39 is 36.1 Å². The van der Waals surface area contributed by atoms with Crippen molar-refractivity contribution in [1.29, 1.82) is 0 Å². The number of carbonyl (C=O) groups excluding carboxylic acids is 2. The molecule has 2 amide bonds. The molecule has 0 heterocycles. The smallest absolute Gasteiger partial charge is 0.326 e. The molecular formula is C11H10ClFN2O4. The Balaban J connectivity index is 2.84. The zero-order valence-corrected chi connectivity index (χ0v) is 10.3. The summed E-state index contributed by atoms with van der Waals surface area (Å²) in [5, 5.41) is 10.7. The molecule has 0 saturated carbocycles. The van der Waals surface area contributed by atoms with Crippen molar-refractivity contribution in [3.8, 4) is 0 Å². The van der Waals surface area contributed by atoms with E-state index in [1.807, 2.05) is 0 Å². The summed E-state index contributed by atoms with van der Waals surface area (Å²) in [6.07, 6.45) is -0.558. The molecule has 1 aromatic carbocycles. The Labute approximate surface area is 112 Å². The Hall–Kier alpha value is -2.15. The van der Waals surface area contributed by atoms with Crippen LogP contribution in [0.5, 0.6) is 0 Å².